The summed E-state index contributed by atoms with van der Waals surface area (Å²) in [5.41, 5.74) is 1.92. The van der Waals surface area contributed by atoms with E-state index in [1.807, 2.05) is 56.5 Å². The van der Waals surface area contributed by atoms with Crippen molar-refractivity contribution in [1.82, 2.24) is 19.6 Å². The average Bonchev–Trinajstić information content (AvgIpc) is 2.94. The predicted molar refractivity (Wildman–Crippen MR) is 97.7 cm³/mol. The van der Waals surface area contributed by atoms with Crippen molar-refractivity contribution < 1.29 is 4.79 Å². The summed E-state index contributed by atoms with van der Waals surface area (Å²) in [6.45, 7) is 1.98. The Morgan fingerprint density at radius 3 is 2.75 bits per heavy atom. The number of carbonyl (C=O) groups is 1. The molecule has 0 atom stereocenters. The van der Waals surface area contributed by atoms with Crippen LogP contribution in [0.15, 0.2) is 42.7 Å². The number of benzene rings is 1. The molecule has 128 valence electrons. The minimum atomic E-state index is -0.0271. The molecule has 0 aliphatic heterocycles. The van der Waals surface area contributed by atoms with Crippen molar-refractivity contribution in [1.29, 1.82) is 0 Å². The van der Waals surface area contributed by atoms with Crippen molar-refractivity contribution in [2.24, 2.45) is 7.05 Å². The molecule has 0 aliphatic rings. The number of hydrogen-bond donors (Lipinski definition) is 0. The molecule has 0 N–H and O–H groups in total. The van der Waals surface area contributed by atoms with Gasteiger partial charge >= 0.3 is 0 Å². The van der Waals surface area contributed by atoms with Crippen LogP contribution in [0.1, 0.15) is 11.1 Å². The molecule has 2 aromatic rings. The van der Waals surface area contributed by atoms with Gasteiger partial charge in [-0.2, -0.15) is 5.10 Å². The van der Waals surface area contributed by atoms with E-state index in [-0.39, 0.29) is 5.91 Å². The predicted octanol–water partition coefficient (Wildman–Crippen LogP) is 2.68. The van der Waals surface area contributed by atoms with Gasteiger partial charge in [0.05, 0.1) is 6.20 Å². The van der Waals surface area contributed by atoms with E-state index in [1.54, 1.807) is 23.0 Å². The summed E-state index contributed by atoms with van der Waals surface area (Å²) in [7, 11) is 5.84. The number of halogens is 1. The highest BCUT2D eigenvalue weighted by Crippen LogP contribution is 2.13. The van der Waals surface area contributed by atoms with E-state index in [0.717, 1.165) is 17.7 Å². The fourth-order valence-corrected chi connectivity index (χ4v) is 2.46. The Bertz CT molecular complexity index is 709. The number of aryl methyl sites for hydroxylation is 1. The van der Waals surface area contributed by atoms with Gasteiger partial charge in [0.25, 0.3) is 0 Å². The quantitative estimate of drug-likeness (QED) is 0.724. The molecule has 0 saturated carbocycles. The van der Waals surface area contributed by atoms with Crippen molar-refractivity contribution in [3.05, 3.63) is 58.9 Å². The number of likely N-dealkylation sites (N-methyl/N-ethyl adjacent to an activating group) is 1. The van der Waals surface area contributed by atoms with Gasteiger partial charge in [0, 0.05) is 49.5 Å². The molecule has 0 radical (unpaired) electrons. The maximum Gasteiger partial charge on any atom is 0.246 e. The maximum absolute atomic E-state index is 12.6. The third kappa shape index (κ3) is 5.83. The SMILES string of the molecule is CN(C)CCN(Cc1cccc(Cl)c1)C(=O)/C=C/c1cnn(C)c1. The summed E-state index contributed by atoms with van der Waals surface area (Å²) in [5, 5.41) is 4.77. The molecule has 1 heterocycles. The second-order valence-electron chi connectivity index (χ2n) is 5.97. The maximum atomic E-state index is 12.6. The van der Waals surface area contributed by atoms with Crippen LogP contribution in [-0.2, 0) is 18.4 Å². The second kappa shape index (κ2) is 8.66. The largest absolute Gasteiger partial charge is 0.334 e. The molecule has 0 aliphatic carbocycles. The van der Waals surface area contributed by atoms with E-state index in [1.165, 1.54) is 0 Å². The number of carbonyl (C=O) groups excluding carboxylic acids is 1. The first-order valence-electron chi connectivity index (χ1n) is 7.79. The van der Waals surface area contributed by atoms with Crippen LogP contribution >= 0.6 is 11.6 Å². The highest BCUT2D eigenvalue weighted by Gasteiger charge is 2.12. The van der Waals surface area contributed by atoms with Crippen LogP contribution in [0.25, 0.3) is 6.08 Å². The smallest absolute Gasteiger partial charge is 0.246 e. The van der Waals surface area contributed by atoms with Gasteiger partial charge in [0.2, 0.25) is 5.91 Å². The number of hydrogen-bond acceptors (Lipinski definition) is 3. The van der Waals surface area contributed by atoms with Gasteiger partial charge in [-0.05, 0) is 37.9 Å². The van der Waals surface area contributed by atoms with Gasteiger partial charge in [0.1, 0.15) is 0 Å². The lowest BCUT2D eigenvalue weighted by atomic mass is 10.2. The molecule has 2 rings (SSSR count). The van der Waals surface area contributed by atoms with Gasteiger partial charge in [-0.1, -0.05) is 23.7 Å². The lowest BCUT2D eigenvalue weighted by Gasteiger charge is -2.23. The zero-order chi connectivity index (χ0) is 17.5. The van der Waals surface area contributed by atoms with Gasteiger partial charge in [0.15, 0.2) is 0 Å². The molecule has 5 nitrogen and oxygen atoms in total. The van der Waals surface area contributed by atoms with Gasteiger partial charge in [-0.25, -0.2) is 0 Å². The zero-order valence-electron chi connectivity index (χ0n) is 14.3. The molecule has 24 heavy (non-hydrogen) atoms. The highest BCUT2D eigenvalue weighted by molar-refractivity contribution is 6.30. The Hall–Kier alpha value is -2.11. The molecular weight excluding hydrogens is 324 g/mol. The molecule has 0 unspecified atom stereocenters. The molecule has 1 aromatic carbocycles. The third-order valence-electron chi connectivity index (χ3n) is 3.53. The van der Waals surface area contributed by atoms with Crippen molar-refractivity contribution in [3.63, 3.8) is 0 Å². The average molecular weight is 347 g/mol. The summed E-state index contributed by atoms with van der Waals surface area (Å²) in [6, 6.07) is 7.60. The van der Waals surface area contributed by atoms with Crippen LogP contribution < -0.4 is 0 Å². The number of rotatable bonds is 7. The monoisotopic (exact) mass is 346 g/mol. The minimum Gasteiger partial charge on any atom is -0.334 e. The van der Waals surface area contributed by atoms with Crippen molar-refractivity contribution in [2.75, 3.05) is 27.2 Å². The van der Waals surface area contributed by atoms with E-state index in [0.29, 0.717) is 18.1 Å². The standard InChI is InChI=1S/C18H23ClN4O/c1-21(2)9-10-23(14-15-5-4-6-17(19)11-15)18(24)8-7-16-12-20-22(3)13-16/h4-8,11-13H,9-10,14H2,1-3H3/b8-7+. The van der Waals surface area contributed by atoms with Crippen molar-refractivity contribution >= 4 is 23.6 Å². The van der Waals surface area contributed by atoms with Gasteiger partial charge in [-0.3, -0.25) is 9.48 Å². The van der Waals surface area contributed by atoms with Crippen LogP contribution in [0, 0.1) is 0 Å². The molecule has 0 spiro atoms. The van der Waals surface area contributed by atoms with Gasteiger partial charge in [-0.15, -0.1) is 0 Å². The Morgan fingerprint density at radius 1 is 1.33 bits per heavy atom. The van der Waals surface area contributed by atoms with Crippen LogP contribution in [0.4, 0.5) is 0 Å². The molecule has 0 bridgehead atoms. The van der Waals surface area contributed by atoms with Gasteiger partial charge < -0.3 is 9.80 Å². The Labute approximate surface area is 148 Å². The lowest BCUT2D eigenvalue weighted by Crippen LogP contribution is -2.35. The first kappa shape index (κ1) is 18.2. The first-order chi connectivity index (χ1) is 11.4. The molecule has 1 amide bonds. The van der Waals surface area contributed by atoms with E-state index in [2.05, 4.69) is 10.00 Å². The third-order valence-corrected chi connectivity index (χ3v) is 3.77. The second-order valence-corrected chi connectivity index (χ2v) is 6.41. The van der Waals surface area contributed by atoms with Crippen LogP contribution in [0.2, 0.25) is 5.02 Å². The topological polar surface area (TPSA) is 41.4 Å². The van der Waals surface area contributed by atoms with Crippen molar-refractivity contribution in [2.45, 2.75) is 6.54 Å². The summed E-state index contributed by atoms with van der Waals surface area (Å²) in [6.07, 6.45) is 6.98. The molecule has 6 heteroatoms. The fourth-order valence-electron chi connectivity index (χ4n) is 2.24. The summed E-state index contributed by atoms with van der Waals surface area (Å²) >= 11 is 6.04. The number of amides is 1. The Morgan fingerprint density at radius 2 is 2.12 bits per heavy atom. The summed E-state index contributed by atoms with van der Waals surface area (Å²) < 4.78 is 1.71. The molecule has 0 fully saturated rings. The highest BCUT2D eigenvalue weighted by atomic mass is 35.5. The Balaban J connectivity index is 2.08. The zero-order valence-corrected chi connectivity index (χ0v) is 15.1. The van der Waals surface area contributed by atoms with E-state index in [9.17, 15) is 4.79 Å². The minimum absolute atomic E-state index is 0.0271. The molecule has 1 aromatic heterocycles. The number of aromatic nitrogens is 2. The van der Waals surface area contributed by atoms with E-state index >= 15 is 0 Å². The normalized spacial score (nSPS) is 11.4. The van der Waals surface area contributed by atoms with E-state index < -0.39 is 0 Å². The first-order valence-corrected chi connectivity index (χ1v) is 8.16. The number of nitrogens with zero attached hydrogens (tertiary/aromatic N) is 4. The summed E-state index contributed by atoms with van der Waals surface area (Å²) in [4.78, 5) is 16.5. The Kier molecular flexibility index (Phi) is 6.58. The van der Waals surface area contributed by atoms with E-state index in [4.69, 9.17) is 11.6 Å². The van der Waals surface area contributed by atoms with Crippen LogP contribution in [0.5, 0.6) is 0 Å². The van der Waals surface area contributed by atoms with Crippen LogP contribution in [-0.4, -0.2) is 52.7 Å². The van der Waals surface area contributed by atoms with Crippen molar-refractivity contribution in [3.8, 4) is 0 Å². The van der Waals surface area contributed by atoms with Crippen LogP contribution in [0.3, 0.4) is 0 Å². The molecular formula is C18H23ClN4O. The lowest BCUT2D eigenvalue weighted by molar-refractivity contribution is -0.126. The molecule has 0 saturated heterocycles. The fraction of sp³-hybridized carbons (Fsp3) is 0.333. The summed E-state index contributed by atoms with van der Waals surface area (Å²) in [5.74, 6) is -0.0271.